The van der Waals surface area contributed by atoms with Crippen molar-refractivity contribution < 1.29 is 27.5 Å². The van der Waals surface area contributed by atoms with Gasteiger partial charge >= 0.3 is 6.36 Å². The van der Waals surface area contributed by atoms with E-state index in [1.165, 1.54) is 18.2 Å². The molecule has 2 aromatic carbocycles. The predicted octanol–water partition coefficient (Wildman–Crippen LogP) is 7.01. The second-order valence-electron chi connectivity index (χ2n) is 9.65. The molecule has 0 radical (unpaired) electrons. The number of amides is 2. The molecule has 0 unspecified atom stereocenters. The van der Waals surface area contributed by atoms with E-state index < -0.39 is 17.5 Å². The van der Waals surface area contributed by atoms with Gasteiger partial charge < -0.3 is 4.74 Å². The van der Waals surface area contributed by atoms with Gasteiger partial charge in [-0.3, -0.25) is 14.9 Å². The van der Waals surface area contributed by atoms with Gasteiger partial charge in [-0.1, -0.05) is 52.0 Å². The van der Waals surface area contributed by atoms with Crippen LogP contribution in [0.3, 0.4) is 0 Å². The lowest BCUT2D eigenvalue weighted by Crippen LogP contribution is -2.29. The van der Waals surface area contributed by atoms with Crippen LogP contribution in [0.5, 0.6) is 5.75 Å². The molecule has 2 aromatic rings. The van der Waals surface area contributed by atoms with Crippen molar-refractivity contribution in [3.8, 4) is 16.9 Å². The third-order valence-electron chi connectivity index (χ3n) is 6.13. The van der Waals surface area contributed by atoms with Crippen molar-refractivity contribution in [1.29, 1.82) is 0 Å². The maximum atomic E-state index is 13.2. The number of hydrogen-bond donors (Lipinski definition) is 1. The molecule has 4 nitrogen and oxygen atoms in total. The van der Waals surface area contributed by atoms with Crippen LogP contribution in [0.15, 0.2) is 47.4 Å². The van der Waals surface area contributed by atoms with Gasteiger partial charge in [-0.25, -0.2) is 0 Å². The number of halogens is 3. The molecule has 1 fully saturated rings. The highest BCUT2D eigenvalue weighted by Crippen LogP contribution is 2.45. The Bertz CT molecular complexity index is 1270. The fourth-order valence-corrected chi connectivity index (χ4v) is 4.98. The summed E-state index contributed by atoms with van der Waals surface area (Å²) in [5.41, 5.74) is 3.77. The van der Waals surface area contributed by atoms with Crippen LogP contribution in [0.2, 0.25) is 0 Å². The Morgan fingerprint density at radius 3 is 2.12 bits per heavy atom. The zero-order valence-electron chi connectivity index (χ0n) is 19.4. The maximum absolute atomic E-state index is 13.2. The van der Waals surface area contributed by atoms with Gasteiger partial charge in [0.05, 0.1) is 4.91 Å². The first-order valence-corrected chi connectivity index (χ1v) is 11.5. The number of allylic oxidation sites excluding steroid dienone is 2. The zero-order chi connectivity index (χ0) is 25.1. The number of hydrogen-bond acceptors (Lipinski definition) is 4. The Hall–Kier alpha value is -3.00. The van der Waals surface area contributed by atoms with E-state index in [9.17, 15) is 22.8 Å². The zero-order valence-corrected chi connectivity index (χ0v) is 20.2. The number of carbonyl (C=O) groups is 2. The van der Waals surface area contributed by atoms with Gasteiger partial charge in [0.2, 0.25) is 0 Å². The number of aryl methyl sites for hydroxylation is 1. The average molecular weight is 488 g/mol. The van der Waals surface area contributed by atoms with Gasteiger partial charge in [0.15, 0.2) is 0 Å². The number of carbonyl (C=O) groups excluding carboxylic acids is 2. The molecule has 2 amide bonds. The molecule has 4 rings (SSSR count). The van der Waals surface area contributed by atoms with Crippen molar-refractivity contribution >= 4 is 29.0 Å². The maximum Gasteiger partial charge on any atom is 0.573 e. The fourth-order valence-electron chi connectivity index (χ4n) is 4.29. The summed E-state index contributed by atoms with van der Waals surface area (Å²) < 4.78 is 44.0. The smallest absolute Gasteiger partial charge is 0.405 e. The molecule has 0 saturated carbocycles. The highest BCUT2D eigenvalue weighted by molar-refractivity contribution is 8.18. The first-order valence-electron chi connectivity index (χ1n) is 10.7. The molecule has 0 atom stereocenters. The second-order valence-corrected chi connectivity index (χ2v) is 10.7. The van der Waals surface area contributed by atoms with Crippen LogP contribution in [0, 0.1) is 6.92 Å². The third kappa shape index (κ3) is 4.64. The van der Waals surface area contributed by atoms with Crippen LogP contribution < -0.4 is 10.1 Å². The van der Waals surface area contributed by atoms with Gasteiger partial charge in [-0.05, 0) is 70.8 Å². The molecule has 178 valence electrons. The second kappa shape index (κ2) is 8.05. The standard InChI is InChI=1S/C26H24F3NO3S/c1-14-10-18-19(25(4,5)9-8-24(18,2)3)13-16(14)17-11-15(6-7-20(17)33-26(27,28)29)12-21-22(31)30-23(32)34-21/h6-13H,1-5H3,(H,30,31,32)/b21-12-. The Labute approximate surface area is 200 Å². The van der Waals surface area contributed by atoms with Gasteiger partial charge in [-0.15, -0.1) is 13.2 Å². The minimum Gasteiger partial charge on any atom is -0.405 e. The average Bonchev–Trinajstić information content (AvgIpc) is 3.02. The molecule has 0 aromatic heterocycles. The number of ether oxygens (including phenoxy) is 1. The topological polar surface area (TPSA) is 55.4 Å². The van der Waals surface area contributed by atoms with E-state index in [0.29, 0.717) is 11.1 Å². The van der Waals surface area contributed by atoms with Crippen LogP contribution in [0.1, 0.15) is 49.9 Å². The molecule has 0 spiro atoms. The molecule has 34 heavy (non-hydrogen) atoms. The Kier molecular flexibility index (Phi) is 5.71. The molecule has 1 aliphatic heterocycles. The van der Waals surface area contributed by atoms with Crippen molar-refractivity contribution in [3.05, 3.63) is 69.6 Å². The molecule has 1 saturated heterocycles. The number of benzene rings is 2. The highest BCUT2D eigenvalue weighted by atomic mass is 32.2. The highest BCUT2D eigenvalue weighted by Gasteiger charge is 2.35. The van der Waals surface area contributed by atoms with Crippen LogP contribution in [-0.4, -0.2) is 17.5 Å². The lowest BCUT2D eigenvalue weighted by molar-refractivity contribution is -0.274. The van der Waals surface area contributed by atoms with Gasteiger partial charge in [0.25, 0.3) is 11.1 Å². The monoisotopic (exact) mass is 487 g/mol. The summed E-state index contributed by atoms with van der Waals surface area (Å²) in [6.45, 7) is 10.2. The lowest BCUT2D eigenvalue weighted by atomic mass is 9.67. The lowest BCUT2D eigenvalue weighted by Gasteiger charge is -2.37. The van der Waals surface area contributed by atoms with E-state index in [2.05, 4.69) is 49.9 Å². The Morgan fingerprint density at radius 1 is 0.941 bits per heavy atom. The minimum atomic E-state index is -4.87. The number of imide groups is 1. The summed E-state index contributed by atoms with van der Waals surface area (Å²) in [6.07, 6.45) is 0.893. The molecule has 0 bridgehead atoms. The quantitative estimate of drug-likeness (QED) is 0.374. The predicted molar refractivity (Wildman–Crippen MR) is 128 cm³/mol. The van der Waals surface area contributed by atoms with Crippen molar-refractivity contribution in [2.75, 3.05) is 0 Å². The molecule has 8 heteroatoms. The molecule has 1 heterocycles. The summed E-state index contributed by atoms with van der Waals surface area (Å²) in [5, 5.41) is 1.68. The molecular weight excluding hydrogens is 463 g/mol. The van der Waals surface area contributed by atoms with Crippen molar-refractivity contribution in [2.24, 2.45) is 0 Å². The van der Waals surface area contributed by atoms with Gasteiger partial charge in [0.1, 0.15) is 5.75 Å². The van der Waals surface area contributed by atoms with E-state index >= 15 is 0 Å². The number of thioether (sulfide) groups is 1. The van der Waals surface area contributed by atoms with Crippen LogP contribution in [0.25, 0.3) is 17.2 Å². The summed E-state index contributed by atoms with van der Waals surface area (Å²) in [7, 11) is 0. The van der Waals surface area contributed by atoms with E-state index in [1.807, 2.05) is 19.1 Å². The van der Waals surface area contributed by atoms with Crippen LogP contribution >= 0.6 is 11.8 Å². The first kappa shape index (κ1) is 24.1. The Morgan fingerprint density at radius 2 is 1.56 bits per heavy atom. The number of alkyl halides is 3. The number of rotatable bonds is 3. The molecule has 1 aliphatic carbocycles. The van der Waals surface area contributed by atoms with Gasteiger partial charge in [-0.2, -0.15) is 0 Å². The largest absolute Gasteiger partial charge is 0.573 e. The van der Waals surface area contributed by atoms with Crippen LogP contribution in [0.4, 0.5) is 18.0 Å². The molecular formula is C26H24F3NO3S. The van der Waals surface area contributed by atoms with Crippen LogP contribution in [-0.2, 0) is 15.6 Å². The van der Waals surface area contributed by atoms with Crippen molar-refractivity contribution in [2.45, 2.75) is 51.8 Å². The van der Waals surface area contributed by atoms with Crippen molar-refractivity contribution in [3.63, 3.8) is 0 Å². The van der Waals surface area contributed by atoms with E-state index in [4.69, 9.17) is 0 Å². The van der Waals surface area contributed by atoms with E-state index in [0.717, 1.165) is 28.5 Å². The summed E-state index contributed by atoms with van der Waals surface area (Å²) in [6, 6.07) is 8.18. The summed E-state index contributed by atoms with van der Waals surface area (Å²) in [5.74, 6) is -0.867. The summed E-state index contributed by atoms with van der Waals surface area (Å²) in [4.78, 5) is 23.6. The number of fused-ring (bicyclic) bond motifs is 1. The fraction of sp³-hybridized carbons (Fsp3) is 0.308. The number of nitrogens with one attached hydrogen (secondary N) is 1. The SMILES string of the molecule is Cc1cc2c(cc1-c1cc(/C=C3\SC(=O)NC3=O)ccc1OC(F)(F)F)C(C)(C)C=CC2(C)C. The summed E-state index contributed by atoms with van der Waals surface area (Å²) >= 11 is 0.748. The van der Waals surface area contributed by atoms with Crippen molar-refractivity contribution in [1.82, 2.24) is 5.32 Å². The molecule has 1 N–H and O–H groups in total. The Balaban J connectivity index is 1.91. The first-order chi connectivity index (χ1) is 15.7. The normalized spacial score (nSPS) is 19.8. The third-order valence-corrected chi connectivity index (χ3v) is 6.94. The van der Waals surface area contributed by atoms with E-state index in [-0.39, 0.29) is 27.0 Å². The molecule has 2 aliphatic rings. The van der Waals surface area contributed by atoms with E-state index in [1.54, 1.807) is 6.07 Å². The van der Waals surface area contributed by atoms with Gasteiger partial charge in [0, 0.05) is 16.4 Å². The minimum absolute atomic E-state index is 0.177.